The second-order valence-electron chi connectivity index (χ2n) is 5.47. The maximum Gasteiger partial charge on any atom is 0.417 e. The first-order chi connectivity index (χ1) is 11.9. The van der Waals surface area contributed by atoms with Crippen LogP contribution in [0.25, 0.3) is 33.3 Å². The van der Waals surface area contributed by atoms with Crippen molar-refractivity contribution in [3.63, 3.8) is 0 Å². The van der Waals surface area contributed by atoms with Crippen molar-refractivity contribution >= 4 is 34.0 Å². The largest absolute Gasteiger partial charge is 0.417 e. The van der Waals surface area contributed by atoms with E-state index in [1.165, 1.54) is 23.5 Å². The van der Waals surface area contributed by atoms with E-state index in [2.05, 4.69) is 9.97 Å². The van der Waals surface area contributed by atoms with Crippen LogP contribution in [0, 0.1) is 0 Å². The van der Waals surface area contributed by atoms with E-state index >= 15 is 0 Å². The number of aromatic nitrogens is 2. The van der Waals surface area contributed by atoms with Gasteiger partial charge < -0.3 is 4.98 Å². The molecule has 0 saturated heterocycles. The molecular formula is C18H10ClF3N2S. The van der Waals surface area contributed by atoms with Gasteiger partial charge >= 0.3 is 6.18 Å². The number of thiophene rings is 1. The van der Waals surface area contributed by atoms with Gasteiger partial charge in [-0.1, -0.05) is 29.8 Å². The highest BCUT2D eigenvalue weighted by Gasteiger charge is 2.34. The van der Waals surface area contributed by atoms with Crippen LogP contribution in [0.15, 0.2) is 54.2 Å². The van der Waals surface area contributed by atoms with E-state index in [0.717, 1.165) is 17.2 Å². The first-order valence-corrected chi connectivity index (χ1v) is 8.58. The molecule has 25 heavy (non-hydrogen) atoms. The number of aromatic amines is 1. The number of hydrogen-bond acceptors (Lipinski definition) is 2. The first-order valence-electron chi connectivity index (χ1n) is 7.32. The molecule has 0 spiro atoms. The summed E-state index contributed by atoms with van der Waals surface area (Å²) in [5.41, 5.74) is 2.10. The third-order valence-corrected chi connectivity index (χ3v) is 5.07. The molecule has 4 aromatic rings. The maximum atomic E-state index is 13.4. The van der Waals surface area contributed by atoms with Gasteiger partial charge in [0.2, 0.25) is 0 Å². The Kier molecular flexibility index (Phi) is 3.81. The zero-order chi connectivity index (χ0) is 17.6. The fourth-order valence-corrected chi connectivity index (χ4v) is 3.81. The van der Waals surface area contributed by atoms with E-state index < -0.39 is 11.7 Å². The molecule has 1 aromatic carbocycles. The quantitative estimate of drug-likeness (QED) is 0.416. The Hall–Kier alpha value is -2.31. The Morgan fingerprint density at radius 2 is 1.84 bits per heavy atom. The van der Waals surface area contributed by atoms with Crippen LogP contribution >= 0.6 is 22.9 Å². The molecule has 2 nitrogen and oxygen atoms in total. The topological polar surface area (TPSA) is 28.7 Å². The predicted molar refractivity (Wildman–Crippen MR) is 94.9 cm³/mol. The average Bonchev–Trinajstić information content (AvgIpc) is 3.20. The highest BCUT2D eigenvalue weighted by molar-refractivity contribution is 7.14. The number of benzene rings is 1. The van der Waals surface area contributed by atoms with Gasteiger partial charge in [-0.2, -0.15) is 13.2 Å². The summed E-state index contributed by atoms with van der Waals surface area (Å²) in [5.74, 6) is 0. The number of hydrogen-bond donors (Lipinski definition) is 1. The summed E-state index contributed by atoms with van der Waals surface area (Å²) in [6.45, 7) is 0. The molecule has 7 heteroatoms. The van der Waals surface area contributed by atoms with Crippen molar-refractivity contribution in [3.8, 4) is 22.3 Å². The van der Waals surface area contributed by atoms with Crippen LogP contribution in [0.4, 0.5) is 13.2 Å². The minimum atomic E-state index is -4.44. The average molecular weight is 379 g/mol. The van der Waals surface area contributed by atoms with E-state index in [1.54, 1.807) is 30.6 Å². The van der Waals surface area contributed by atoms with Gasteiger partial charge in [-0.25, -0.2) is 4.98 Å². The van der Waals surface area contributed by atoms with Gasteiger partial charge in [0.05, 0.1) is 9.90 Å². The van der Waals surface area contributed by atoms with Crippen molar-refractivity contribution in [1.29, 1.82) is 0 Å². The van der Waals surface area contributed by atoms with E-state index in [9.17, 15) is 13.2 Å². The van der Waals surface area contributed by atoms with Crippen molar-refractivity contribution < 1.29 is 13.2 Å². The lowest BCUT2D eigenvalue weighted by Crippen LogP contribution is -2.06. The lowest BCUT2D eigenvalue weighted by Gasteiger charge is -2.13. The van der Waals surface area contributed by atoms with Crippen LogP contribution in [-0.4, -0.2) is 9.97 Å². The molecule has 0 unspecified atom stereocenters. The van der Waals surface area contributed by atoms with Gasteiger partial charge in [-0.3, -0.25) is 0 Å². The molecule has 0 saturated carbocycles. The minimum absolute atomic E-state index is 0.122. The summed E-state index contributed by atoms with van der Waals surface area (Å²) >= 11 is 7.40. The lowest BCUT2D eigenvalue weighted by molar-refractivity contribution is -0.137. The molecule has 1 N–H and O–H groups in total. The monoisotopic (exact) mass is 378 g/mol. The van der Waals surface area contributed by atoms with Crippen molar-refractivity contribution in [2.45, 2.75) is 6.18 Å². The molecule has 0 bridgehead atoms. The second kappa shape index (κ2) is 5.89. The van der Waals surface area contributed by atoms with Crippen LogP contribution in [0.1, 0.15) is 5.56 Å². The Bertz CT molecular complexity index is 1070. The van der Waals surface area contributed by atoms with Gasteiger partial charge in [0.25, 0.3) is 0 Å². The number of rotatable bonds is 2. The summed E-state index contributed by atoms with van der Waals surface area (Å²) in [5, 5.41) is 2.53. The van der Waals surface area contributed by atoms with E-state index in [4.69, 9.17) is 11.6 Å². The van der Waals surface area contributed by atoms with Crippen molar-refractivity contribution in [1.82, 2.24) is 9.97 Å². The summed E-state index contributed by atoms with van der Waals surface area (Å²) in [4.78, 5) is 7.22. The summed E-state index contributed by atoms with van der Waals surface area (Å²) < 4.78 is 40.9. The van der Waals surface area contributed by atoms with Gasteiger partial charge in [0.15, 0.2) is 0 Å². The van der Waals surface area contributed by atoms with E-state index in [-0.39, 0.29) is 5.56 Å². The number of H-pyrrole nitrogens is 1. The standard InChI is InChI=1S/C18H10ClF3N2S/c19-15-7-10(9-25-15)11-5-6-23-17-16(11)13(8-24-17)12-3-1-2-4-14(12)18(20,21)22/h1-9H,(H,23,24). The molecule has 0 amide bonds. The Labute approximate surface area is 149 Å². The first kappa shape index (κ1) is 16.2. The molecule has 3 heterocycles. The normalized spacial score (nSPS) is 12.0. The van der Waals surface area contributed by atoms with Crippen LogP contribution < -0.4 is 0 Å². The highest BCUT2D eigenvalue weighted by atomic mass is 35.5. The van der Waals surface area contributed by atoms with Gasteiger partial charge in [0.1, 0.15) is 5.65 Å². The molecule has 0 aliphatic heterocycles. The van der Waals surface area contributed by atoms with Gasteiger partial charge in [-0.05, 0) is 34.9 Å². The third-order valence-electron chi connectivity index (χ3n) is 3.97. The van der Waals surface area contributed by atoms with E-state index in [0.29, 0.717) is 20.9 Å². The molecular weight excluding hydrogens is 369 g/mol. The SMILES string of the molecule is FC(F)(F)c1ccccc1-c1c[nH]c2nccc(-c3csc(Cl)c3)c12. The Morgan fingerprint density at radius 3 is 2.56 bits per heavy atom. The number of pyridine rings is 1. The number of fused-ring (bicyclic) bond motifs is 1. The maximum absolute atomic E-state index is 13.4. The smallest absolute Gasteiger partial charge is 0.345 e. The molecule has 3 aromatic heterocycles. The molecule has 0 fully saturated rings. The third kappa shape index (κ3) is 2.81. The number of nitrogens with one attached hydrogen (secondary N) is 1. The summed E-state index contributed by atoms with van der Waals surface area (Å²) in [6, 6.07) is 9.13. The zero-order valence-corrected chi connectivity index (χ0v) is 14.1. The fraction of sp³-hybridized carbons (Fsp3) is 0.0556. The van der Waals surface area contributed by atoms with Crippen LogP contribution in [0.3, 0.4) is 0 Å². The molecule has 0 atom stereocenters. The lowest BCUT2D eigenvalue weighted by atomic mass is 9.96. The van der Waals surface area contributed by atoms with E-state index in [1.807, 2.05) is 5.38 Å². The van der Waals surface area contributed by atoms with Crippen LogP contribution in [0.5, 0.6) is 0 Å². The Morgan fingerprint density at radius 1 is 1.04 bits per heavy atom. The number of alkyl halides is 3. The van der Waals surface area contributed by atoms with Gasteiger partial charge in [-0.15, -0.1) is 11.3 Å². The second-order valence-corrected chi connectivity index (χ2v) is 7.01. The number of nitrogens with zero attached hydrogens (tertiary/aromatic N) is 1. The summed E-state index contributed by atoms with van der Waals surface area (Å²) in [7, 11) is 0. The zero-order valence-electron chi connectivity index (χ0n) is 12.6. The number of halogens is 4. The van der Waals surface area contributed by atoms with Crippen LogP contribution in [-0.2, 0) is 6.18 Å². The van der Waals surface area contributed by atoms with Crippen LogP contribution in [0.2, 0.25) is 4.34 Å². The molecule has 4 rings (SSSR count). The van der Waals surface area contributed by atoms with Crippen molar-refractivity contribution in [2.24, 2.45) is 0 Å². The summed E-state index contributed by atoms with van der Waals surface area (Å²) in [6.07, 6.45) is -1.24. The minimum Gasteiger partial charge on any atom is -0.345 e. The molecule has 126 valence electrons. The Balaban J connectivity index is 2.02. The molecule has 0 aliphatic rings. The molecule has 0 radical (unpaired) electrons. The predicted octanol–water partition coefficient (Wildman–Crippen LogP) is 6.63. The van der Waals surface area contributed by atoms with Crippen molar-refractivity contribution in [3.05, 3.63) is 64.1 Å². The highest BCUT2D eigenvalue weighted by Crippen LogP contribution is 2.42. The fourth-order valence-electron chi connectivity index (χ4n) is 2.93. The van der Waals surface area contributed by atoms with Gasteiger partial charge in [0, 0.05) is 28.7 Å². The molecule has 0 aliphatic carbocycles. The van der Waals surface area contributed by atoms with Crippen molar-refractivity contribution in [2.75, 3.05) is 0 Å².